The first-order valence-corrected chi connectivity index (χ1v) is 15.6. The van der Waals surface area contributed by atoms with Gasteiger partial charge in [0.2, 0.25) is 41.4 Å². The van der Waals surface area contributed by atoms with Gasteiger partial charge in [-0.25, -0.2) is 0 Å². The second kappa shape index (κ2) is 15.9. The lowest BCUT2D eigenvalue weighted by atomic mass is 9.98. The Hall–Kier alpha value is -3.36. The van der Waals surface area contributed by atoms with E-state index in [1.165, 1.54) is 18.7 Å². The fraction of sp³-hybridized carbons (Fsp3) is 0.750. The Morgan fingerprint density at radius 2 is 1.51 bits per heavy atom. The van der Waals surface area contributed by atoms with Crippen LogP contribution >= 0.6 is 11.8 Å². The smallest absolute Gasteiger partial charge is 0.245 e. The molecule has 0 aliphatic carbocycles. The topological polar surface area (TPSA) is 214 Å². The number of thioether (sulfide) groups is 1. The number of likely N-dealkylation sites (tertiary alicyclic amines) is 1. The molecule has 2 heterocycles. The van der Waals surface area contributed by atoms with Crippen LogP contribution < -0.4 is 27.4 Å². The number of nitrogens with two attached hydrogens (primary N) is 2. The molecule has 2 aliphatic heterocycles. The maximum absolute atomic E-state index is 13.6. The molecule has 43 heavy (non-hydrogen) atoms. The third-order valence-corrected chi connectivity index (χ3v) is 9.13. The summed E-state index contributed by atoms with van der Waals surface area (Å²) in [5, 5.41) is 7.06. The maximum Gasteiger partial charge on any atom is 0.245 e. The molecule has 0 aromatic rings. The second-order valence-electron chi connectivity index (χ2n) is 12.1. The Labute approximate surface area is 257 Å². The molecule has 0 aromatic carbocycles. The predicted molar refractivity (Wildman–Crippen MR) is 161 cm³/mol. The van der Waals surface area contributed by atoms with Crippen LogP contribution in [0.3, 0.4) is 0 Å². The van der Waals surface area contributed by atoms with E-state index in [4.69, 9.17) is 11.5 Å². The number of carbonyl (C=O) groups excluding carboxylic acids is 7. The van der Waals surface area contributed by atoms with Crippen molar-refractivity contribution >= 4 is 53.1 Å². The molecule has 2 fully saturated rings. The lowest BCUT2D eigenvalue weighted by Crippen LogP contribution is -2.56. The van der Waals surface area contributed by atoms with Gasteiger partial charge in [0.1, 0.15) is 12.1 Å². The number of rotatable bonds is 15. The molecule has 14 nitrogen and oxygen atoms in total. The van der Waals surface area contributed by atoms with E-state index in [-0.39, 0.29) is 55.5 Å². The molecule has 2 saturated heterocycles. The number of hydrogen-bond donors (Lipinski definition) is 5. The Bertz CT molecular complexity index is 1080. The predicted octanol–water partition coefficient (Wildman–Crippen LogP) is -0.802. The van der Waals surface area contributed by atoms with Crippen molar-refractivity contribution in [2.24, 2.45) is 23.3 Å². The Balaban J connectivity index is 2.19. The highest BCUT2D eigenvalue weighted by atomic mass is 32.2. The van der Waals surface area contributed by atoms with Gasteiger partial charge < -0.3 is 37.2 Å². The Kier molecular flexibility index (Phi) is 13.3. The summed E-state index contributed by atoms with van der Waals surface area (Å²) in [6.07, 6.45) is 1.38. The summed E-state index contributed by atoms with van der Waals surface area (Å²) < 4.78 is 0. The minimum Gasteiger partial charge on any atom is -0.368 e. The van der Waals surface area contributed by atoms with Crippen LogP contribution in [-0.4, -0.2) is 99.5 Å². The van der Waals surface area contributed by atoms with Crippen molar-refractivity contribution in [3.8, 4) is 0 Å². The van der Waals surface area contributed by atoms with Gasteiger partial charge in [-0.05, 0) is 37.5 Å². The van der Waals surface area contributed by atoms with Crippen LogP contribution in [0, 0.1) is 11.8 Å². The van der Waals surface area contributed by atoms with E-state index in [1.807, 2.05) is 27.7 Å². The molecule has 242 valence electrons. The number of amides is 7. The molecular formula is C28H47N7O7S. The number of hydrogen-bond acceptors (Lipinski definition) is 8. The molecule has 0 aromatic heterocycles. The first kappa shape index (κ1) is 35.8. The van der Waals surface area contributed by atoms with E-state index >= 15 is 0 Å². The SMILES string of the molecule is CC(=O)N[C@@H](CC(C)C)C(=O)N1CCC2(CC1)SC(CC(=O)NCC(N)=O)C(=O)N2CCC(=O)N[C@@H](CC(C)C)C(N)=O. The van der Waals surface area contributed by atoms with Gasteiger partial charge in [-0.2, -0.15) is 0 Å². The van der Waals surface area contributed by atoms with E-state index in [9.17, 15) is 33.6 Å². The molecule has 7 amide bonds. The maximum atomic E-state index is 13.6. The van der Waals surface area contributed by atoms with Crippen LogP contribution in [0.4, 0.5) is 0 Å². The summed E-state index contributed by atoms with van der Waals surface area (Å²) >= 11 is 1.32. The van der Waals surface area contributed by atoms with Gasteiger partial charge in [-0.15, -0.1) is 11.8 Å². The molecule has 7 N–H and O–H groups in total. The standard InChI is InChI=1S/C28H47N7O7S/c1-16(2)12-19(25(30)40)33-23(38)6-9-35-27(42)21(14-24(39)31-15-22(29)37)43-28(35)7-10-34(11-8-28)26(41)20(13-17(3)4)32-18(5)36/h16-17,19-21H,6-15H2,1-5H3,(H2,29,37)(H2,30,40)(H,31,39)(H,32,36)(H,33,38)/t19-,20-,21?/m0/s1. The summed E-state index contributed by atoms with van der Waals surface area (Å²) in [7, 11) is 0. The first-order chi connectivity index (χ1) is 20.0. The molecule has 1 spiro atoms. The van der Waals surface area contributed by atoms with Gasteiger partial charge in [0, 0.05) is 39.4 Å². The number of nitrogens with one attached hydrogen (secondary N) is 3. The van der Waals surface area contributed by atoms with Gasteiger partial charge in [-0.1, -0.05) is 27.7 Å². The van der Waals surface area contributed by atoms with E-state index in [2.05, 4.69) is 16.0 Å². The number of carbonyl (C=O) groups is 7. The number of nitrogens with zero attached hydrogens (tertiary/aromatic N) is 2. The van der Waals surface area contributed by atoms with E-state index in [1.54, 1.807) is 9.80 Å². The zero-order chi connectivity index (χ0) is 32.5. The second-order valence-corrected chi connectivity index (χ2v) is 13.7. The normalized spacial score (nSPS) is 19.3. The quantitative estimate of drug-likeness (QED) is 0.155. The van der Waals surface area contributed by atoms with Crippen LogP contribution in [0.1, 0.15) is 73.1 Å². The first-order valence-electron chi connectivity index (χ1n) is 14.7. The van der Waals surface area contributed by atoms with Crippen molar-refractivity contribution in [2.45, 2.75) is 95.3 Å². The van der Waals surface area contributed by atoms with Crippen LogP contribution in [0.15, 0.2) is 0 Å². The molecule has 0 bridgehead atoms. The zero-order valence-electron chi connectivity index (χ0n) is 25.8. The van der Waals surface area contributed by atoms with Crippen LogP contribution in [0.2, 0.25) is 0 Å². The highest BCUT2D eigenvalue weighted by Crippen LogP contribution is 2.49. The summed E-state index contributed by atoms with van der Waals surface area (Å²) in [4.78, 5) is 89.4. The van der Waals surface area contributed by atoms with Crippen LogP contribution in [0.5, 0.6) is 0 Å². The molecule has 3 atom stereocenters. The van der Waals surface area contributed by atoms with Gasteiger partial charge in [0.05, 0.1) is 16.7 Å². The Morgan fingerprint density at radius 3 is 2.02 bits per heavy atom. The van der Waals surface area contributed by atoms with Crippen LogP contribution in [0.25, 0.3) is 0 Å². The zero-order valence-corrected chi connectivity index (χ0v) is 26.6. The highest BCUT2D eigenvalue weighted by Gasteiger charge is 2.53. The van der Waals surface area contributed by atoms with Gasteiger partial charge >= 0.3 is 0 Å². The van der Waals surface area contributed by atoms with Crippen molar-refractivity contribution in [3.63, 3.8) is 0 Å². The van der Waals surface area contributed by atoms with E-state index in [0.29, 0.717) is 38.8 Å². The average molecular weight is 626 g/mol. The number of primary amides is 2. The van der Waals surface area contributed by atoms with Crippen molar-refractivity contribution < 1.29 is 33.6 Å². The average Bonchev–Trinajstić information content (AvgIpc) is 3.14. The third-order valence-electron chi connectivity index (χ3n) is 7.41. The summed E-state index contributed by atoms with van der Waals surface area (Å²) in [5.41, 5.74) is 10.6. The summed E-state index contributed by atoms with van der Waals surface area (Å²) in [6.45, 7) is 9.44. The van der Waals surface area contributed by atoms with Crippen LogP contribution in [-0.2, 0) is 33.6 Å². The van der Waals surface area contributed by atoms with Crippen molar-refractivity contribution in [1.82, 2.24) is 25.8 Å². The van der Waals surface area contributed by atoms with Crippen molar-refractivity contribution in [3.05, 3.63) is 0 Å². The summed E-state index contributed by atoms with van der Waals surface area (Å²) in [5.74, 6) is -2.78. The molecule has 0 saturated carbocycles. The molecular weight excluding hydrogens is 578 g/mol. The largest absolute Gasteiger partial charge is 0.368 e. The molecule has 2 aliphatic rings. The van der Waals surface area contributed by atoms with Crippen molar-refractivity contribution in [1.29, 1.82) is 0 Å². The molecule has 1 unspecified atom stereocenters. The highest BCUT2D eigenvalue weighted by molar-refractivity contribution is 8.02. The molecule has 15 heteroatoms. The minimum absolute atomic E-state index is 0.0417. The Morgan fingerprint density at radius 1 is 0.930 bits per heavy atom. The lowest BCUT2D eigenvalue weighted by molar-refractivity contribution is -0.140. The third kappa shape index (κ3) is 10.7. The molecule has 2 rings (SSSR count). The van der Waals surface area contributed by atoms with Gasteiger partial charge in [0.15, 0.2) is 0 Å². The summed E-state index contributed by atoms with van der Waals surface area (Å²) in [6, 6.07) is -1.49. The fourth-order valence-corrected chi connectivity index (χ4v) is 7.16. The van der Waals surface area contributed by atoms with Crippen molar-refractivity contribution in [2.75, 3.05) is 26.2 Å². The minimum atomic E-state index is -0.830. The lowest BCUT2D eigenvalue weighted by Gasteiger charge is -2.44. The van der Waals surface area contributed by atoms with Gasteiger partial charge in [-0.3, -0.25) is 33.6 Å². The molecule has 0 radical (unpaired) electrons. The van der Waals surface area contributed by atoms with Gasteiger partial charge in [0.25, 0.3) is 0 Å². The monoisotopic (exact) mass is 625 g/mol. The van der Waals surface area contributed by atoms with E-state index < -0.39 is 45.8 Å². The fourth-order valence-electron chi connectivity index (χ4n) is 5.44. The van der Waals surface area contributed by atoms with E-state index in [0.717, 1.165) is 0 Å². The number of piperidine rings is 1.